The minimum atomic E-state index is 0.0252. The van der Waals surface area contributed by atoms with Crippen LogP contribution in [0.3, 0.4) is 0 Å². The number of benzene rings is 2. The Morgan fingerprint density at radius 2 is 1.93 bits per heavy atom. The molecule has 1 aliphatic rings. The summed E-state index contributed by atoms with van der Waals surface area (Å²) in [5, 5.41) is 0. The third-order valence-electron chi connectivity index (χ3n) is 5.12. The molecule has 0 spiro atoms. The van der Waals surface area contributed by atoms with E-state index in [9.17, 15) is 4.79 Å². The molecular formula is C24H30N2O3. The van der Waals surface area contributed by atoms with E-state index in [2.05, 4.69) is 31.0 Å². The van der Waals surface area contributed by atoms with Gasteiger partial charge in [0.25, 0.3) is 0 Å². The molecule has 5 nitrogen and oxygen atoms in total. The maximum atomic E-state index is 13.0. The van der Waals surface area contributed by atoms with Crippen LogP contribution >= 0.6 is 0 Å². The zero-order chi connectivity index (χ0) is 20.6. The van der Waals surface area contributed by atoms with Gasteiger partial charge in [-0.05, 0) is 42.8 Å². The molecule has 2 aromatic carbocycles. The van der Waals surface area contributed by atoms with E-state index >= 15 is 0 Å². The van der Waals surface area contributed by atoms with Crippen molar-refractivity contribution in [3.63, 3.8) is 0 Å². The van der Waals surface area contributed by atoms with Crippen LogP contribution in [-0.2, 0) is 4.79 Å². The van der Waals surface area contributed by atoms with Crippen molar-refractivity contribution in [1.29, 1.82) is 0 Å². The highest BCUT2D eigenvalue weighted by molar-refractivity contribution is 5.92. The van der Waals surface area contributed by atoms with Crippen molar-refractivity contribution >= 4 is 12.0 Å². The first kappa shape index (κ1) is 20.9. The lowest BCUT2D eigenvalue weighted by molar-refractivity contribution is -0.130. The van der Waals surface area contributed by atoms with Gasteiger partial charge in [-0.1, -0.05) is 43.3 Å². The molecule has 0 radical (unpaired) electrons. The van der Waals surface area contributed by atoms with Gasteiger partial charge in [-0.15, -0.1) is 0 Å². The second-order valence-electron chi connectivity index (χ2n) is 7.31. The number of nitrogens with zero attached hydrogens (tertiary/aromatic N) is 2. The second kappa shape index (κ2) is 10.1. The van der Waals surface area contributed by atoms with Crippen molar-refractivity contribution in [3.05, 3.63) is 65.7 Å². The Morgan fingerprint density at radius 1 is 1.14 bits per heavy atom. The van der Waals surface area contributed by atoms with E-state index in [4.69, 9.17) is 9.47 Å². The smallest absolute Gasteiger partial charge is 0.247 e. The first-order chi connectivity index (χ1) is 14.1. The fourth-order valence-corrected chi connectivity index (χ4v) is 3.53. The maximum absolute atomic E-state index is 13.0. The topological polar surface area (TPSA) is 42.0 Å². The van der Waals surface area contributed by atoms with Crippen molar-refractivity contribution in [2.75, 3.05) is 40.4 Å². The summed E-state index contributed by atoms with van der Waals surface area (Å²) in [7, 11) is 3.73. The van der Waals surface area contributed by atoms with Gasteiger partial charge in [0.15, 0.2) is 11.5 Å². The minimum Gasteiger partial charge on any atom is -0.493 e. The summed E-state index contributed by atoms with van der Waals surface area (Å²) in [4.78, 5) is 17.2. The first-order valence-electron chi connectivity index (χ1n) is 10.2. The Kier molecular flexibility index (Phi) is 7.30. The van der Waals surface area contributed by atoms with E-state index < -0.39 is 0 Å². The highest BCUT2D eigenvalue weighted by Crippen LogP contribution is 2.29. The van der Waals surface area contributed by atoms with Crippen molar-refractivity contribution in [3.8, 4) is 11.5 Å². The molecule has 1 amide bonds. The van der Waals surface area contributed by atoms with Crippen LogP contribution in [0.2, 0.25) is 0 Å². The summed E-state index contributed by atoms with van der Waals surface area (Å²) >= 11 is 0. The molecule has 1 unspecified atom stereocenters. The number of rotatable bonds is 7. The fraction of sp³-hybridized carbons (Fsp3) is 0.375. The zero-order valence-corrected chi connectivity index (χ0v) is 17.5. The van der Waals surface area contributed by atoms with Gasteiger partial charge >= 0.3 is 0 Å². The van der Waals surface area contributed by atoms with Gasteiger partial charge in [0.2, 0.25) is 5.91 Å². The molecule has 0 aliphatic carbocycles. The minimum absolute atomic E-state index is 0.0252. The molecule has 0 N–H and O–H groups in total. The summed E-state index contributed by atoms with van der Waals surface area (Å²) in [5.74, 6) is 1.42. The SMILES string of the molecule is CCCOc1ccc(C=CC(=O)N2CCN(C)CC2c2ccccc2)cc1OC. The van der Waals surface area contributed by atoms with E-state index in [1.165, 1.54) is 5.56 Å². The Morgan fingerprint density at radius 3 is 2.66 bits per heavy atom. The molecule has 1 aliphatic heterocycles. The molecule has 29 heavy (non-hydrogen) atoms. The number of hydrogen-bond acceptors (Lipinski definition) is 4. The molecule has 3 rings (SSSR count). The van der Waals surface area contributed by atoms with Crippen LogP contribution in [0.15, 0.2) is 54.6 Å². The van der Waals surface area contributed by atoms with E-state index in [1.807, 2.05) is 47.4 Å². The quantitative estimate of drug-likeness (QED) is 0.666. The van der Waals surface area contributed by atoms with Crippen LogP contribution < -0.4 is 9.47 Å². The molecule has 0 aromatic heterocycles. The number of methoxy groups -OCH3 is 1. The van der Waals surface area contributed by atoms with Crippen LogP contribution in [0.5, 0.6) is 11.5 Å². The third kappa shape index (κ3) is 5.39. The molecule has 5 heteroatoms. The van der Waals surface area contributed by atoms with Gasteiger partial charge < -0.3 is 19.3 Å². The third-order valence-corrected chi connectivity index (χ3v) is 5.12. The molecule has 2 aromatic rings. The van der Waals surface area contributed by atoms with Crippen LogP contribution in [0, 0.1) is 0 Å². The summed E-state index contributed by atoms with van der Waals surface area (Å²) < 4.78 is 11.1. The normalized spacial score (nSPS) is 17.5. The predicted octanol–water partition coefficient (Wildman–Crippen LogP) is 4.01. The highest BCUT2D eigenvalue weighted by Gasteiger charge is 2.28. The van der Waals surface area contributed by atoms with Crippen LogP contribution in [-0.4, -0.2) is 56.1 Å². The molecule has 154 valence electrons. The number of ether oxygens (including phenoxy) is 2. The molecule has 1 heterocycles. The Balaban J connectivity index is 1.75. The molecule has 1 fully saturated rings. The Bertz CT molecular complexity index is 835. The first-order valence-corrected chi connectivity index (χ1v) is 10.2. The average Bonchev–Trinajstić information content (AvgIpc) is 2.76. The van der Waals surface area contributed by atoms with Gasteiger partial charge in [0.1, 0.15) is 0 Å². The summed E-state index contributed by atoms with van der Waals surface area (Å²) in [5.41, 5.74) is 2.07. The number of carbonyl (C=O) groups is 1. The summed E-state index contributed by atoms with van der Waals surface area (Å²) in [6.45, 7) is 5.14. The molecule has 0 bridgehead atoms. The van der Waals surface area contributed by atoms with E-state index in [0.29, 0.717) is 18.9 Å². The average molecular weight is 395 g/mol. The van der Waals surface area contributed by atoms with Gasteiger partial charge in [-0.2, -0.15) is 0 Å². The van der Waals surface area contributed by atoms with Crippen LogP contribution in [0.25, 0.3) is 6.08 Å². The van der Waals surface area contributed by atoms with Gasteiger partial charge in [-0.3, -0.25) is 4.79 Å². The molecule has 0 saturated carbocycles. The summed E-state index contributed by atoms with van der Waals surface area (Å²) in [6, 6.07) is 16.0. The fourth-order valence-electron chi connectivity index (χ4n) is 3.53. The van der Waals surface area contributed by atoms with Gasteiger partial charge in [-0.25, -0.2) is 0 Å². The Hall–Kier alpha value is -2.79. The number of carbonyl (C=O) groups excluding carboxylic acids is 1. The Labute approximate surface area is 173 Å². The highest BCUT2D eigenvalue weighted by atomic mass is 16.5. The van der Waals surface area contributed by atoms with Crippen LogP contribution in [0.1, 0.15) is 30.5 Å². The van der Waals surface area contributed by atoms with E-state index in [0.717, 1.165) is 30.8 Å². The van der Waals surface area contributed by atoms with Gasteiger partial charge in [0, 0.05) is 25.7 Å². The monoisotopic (exact) mass is 394 g/mol. The zero-order valence-electron chi connectivity index (χ0n) is 17.5. The second-order valence-corrected chi connectivity index (χ2v) is 7.31. The van der Waals surface area contributed by atoms with E-state index in [-0.39, 0.29) is 11.9 Å². The van der Waals surface area contributed by atoms with Crippen LogP contribution in [0.4, 0.5) is 0 Å². The number of piperazine rings is 1. The standard InChI is InChI=1S/C24H30N2O3/c1-4-16-29-22-12-10-19(17-23(22)28-3)11-13-24(27)26-15-14-25(2)18-21(26)20-8-6-5-7-9-20/h5-13,17,21H,4,14-16,18H2,1-3H3. The molecule has 1 saturated heterocycles. The molecular weight excluding hydrogens is 364 g/mol. The van der Waals surface area contributed by atoms with Crippen molar-refractivity contribution in [2.24, 2.45) is 0 Å². The van der Waals surface area contributed by atoms with E-state index in [1.54, 1.807) is 13.2 Å². The number of amides is 1. The predicted molar refractivity (Wildman–Crippen MR) is 116 cm³/mol. The van der Waals surface area contributed by atoms with Crippen molar-refractivity contribution < 1.29 is 14.3 Å². The summed E-state index contributed by atoms with van der Waals surface area (Å²) in [6.07, 6.45) is 4.43. The number of hydrogen-bond donors (Lipinski definition) is 0. The number of likely N-dealkylation sites (N-methyl/N-ethyl adjacent to an activating group) is 1. The largest absolute Gasteiger partial charge is 0.493 e. The maximum Gasteiger partial charge on any atom is 0.247 e. The lowest BCUT2D eigenvalue weighted by Gasteiger charge is -2.40. The lowest BCUT2D eigenvalue weighted by Crippen LogP contribution is -2.48. The van der Waals surface area contributed by atoms with Crippen molar-refractivity contribution in [2.45, 2.75) is 19.4 Å². The van der Waals surface area contributed by atoms with Gasteiger partial charge in [0.05, 0.1) is 19.8 Å². The molecule has 1 atom stereocenters. The van der Waals surface area contributed by atoms with Crippen molar-refractivity contribution in [1.82, 2.24) is 9.80 Å². The lowest BCUT2D eigenvalue weighted by atomic mass is 10.0.